The van der Waals surface area contributed by atoms with Gasteiger partial charge in [-0.15, -0.1) is 0 Å². The summed E-state index contributed by atoms with van der Waals surface area (Å²) in [5.74, 6) is 0.562. The molecule has 3 N–H and O–H groups in total. The molecule has 0 fully saturated rings. The third-order valence-corrected chi connectivity index (χ3v) is 4.76. The molecular formula is C21H20N4O3. The van der Waals surface area contributed by atoms with E-state index in [0.29, 0.717) is 18.0 Å². The molecule has 0 radical (unpaired) electrons. The number of nitrogens with one attached hydrogen (secondary N) is 1. The van der Waals surface area contributed by atoms with E-state index in [0.717, 1.165) is 22.4 Å². The molecule has 0 bridgehead atoms. The minimum absolute atomic E-state index is 0.0552. The zero-order valence-corrected chi connectivity index (χ0v) is 15.4. The Labute approximate surface area is 162 Å². The summed E-state index contributed by atoms with van der Waals surface area (Å²) in [5.41, 5.74) is 9.09. The van der Waals surface area contributed by atoms with Gasteiger partial charge in [-0.25, -0.2) is 4.68 Å². The van der Waals surface area contributed by atoms with E-state index in [1.807, 2.05) is 43.3 Å². The van der Waals surface area contributed by atoms with Crippen LogP contribution >= 0.6 is 0 Å². The number of carbonyl (C=O) groups excluding carboxylic acids is 2. The highest BCUT2D eigenvalue weighted by molar-refractivity contribution is 5.94. The maximum Gasteiger partial charge on any atom is 0.255 e. The number of nitrogens with two attached hydrogens (primary N) is 1. The largest absolute Gasteiger partial charge is 0.484 e. The zero-order chi connectivity index (χ0) is 19.7. The van der Waals surface area contributed by atoms with Gasteiger partial charge in [-0.1, -0.05) is 29.8 Å². The number of ether oxygens (including phenoxy) is 1. The molecule has 0 aliphatic carbocycles. The first-order chi connectivity index (χ1) is 13.5. The average molecular weight is 376 g/mol. The lowest BCUT2D eigenvalue weighted by molar-refractivity contribution is -0.120. The SMILES string of the molecule is Cc1ccc(-n2ncc3c2NC(=O)C[C@@H]3c2ccc(OCC(N)=O)cc2)cc1. The van der Waals surface area contributed by atoms with Crippen LogP contribution in [0.4, 0.5) is 5.82 Å². The highest BCUT2D eigenvalue weighted by Gasteiger charge is 2.30. The summed E-state index contributed by atoms with van der Waals surface area (Å²) in [5, 5.41) is 7.45. The van der Waals surface area contributed by atoms with Crippen molar-refractivity contribution in [2.45, 2.75) is 19.3 Å². The predicted octanol–water partition coefficient (Wildman–Crippen LogP) is 2.52. The first kappa shape index (κ1) is 17.8. The molecule has 0 spiro atoms. The summed E-state index contributed by atoms with van der Waals surface area (Å²) in [4.78, 5) is 23.2. The molecule has 0 unspecified atom stereocenters. The fraction of sp³-hybridized carbons (Fsp3) is 0.190. The van der Waals surface area contributed by atoms with Gasteiger partial charge in [0, 0.05) is 17.9 Å². The van der Waals surface area contributed by atoms with Gasteiger partial charge in [0.1, 0.15) is 11.6 Å². The van der Waals surface area contributed by atoms with E-state index < -0.39 is 5.91 Å². The number of aryl methyl sites for hydroxylation is 1. The molecule has 1 aliphatic rings. The second-order valence-electron chi connectivity index (χ2n) is 6.82. The van der Waals surface area contributed by atoms with E-state index in [9.17, 15) is 9.59 Å². The van der Waals surface area contributed by atoms with Gasteiger partial charge >= 0.3 is 0 Å². The standard InChI is InChI=1S/C21H20N4O3/c1-13-2-6-15(7-3-13)25-21-18(11-23-25)17(10-20(27)24-21)14-4-8-16(9-5-14)28-12-19(22)26/h2-9,11,17H,10,12H2,1H3,(H2,22,26)(H,24,27)/t17-/m1/s1. The van der Waals surface area contributed by atoms with E-state index in [2.05, 4.69) is 10.4 Å². The average Bonchev–Trinajstić information content (AvgIpc) is 3.10. The maximum absolute atomic E-state index is 12.4. The van der Waals surface area contributed by atoms with Crippen LogP contribution < -0.4 is 15.8 Å². The number of benzene rings is 2. The van der Waals surface area contributed by atoms with Gasteiger partial charge in [-0.2, -0.15) is 5.10 Å². The third-order valence-electron chi connectivity index (χ3n) is 4.76. The lowest BCUT2D eigenvalue weighted by Gasteiger charge is -2.24. The first-order valence-corrected chi connectivity index (χ1v) is 8.97. The van der Waals surface area contributed by atoms with Crippen LogP contribution in [0.1, 0.15) is 29.0 Å². The van der Waals surface area contributed by atoms with E-state index in [-0.39, 0.29) is 18.4 Å². The van der Waals surface area contributed by atoms with Gasteiger partial charge in [-0.05, 0) is 36.8 Å². The minimum atomic E-state index is -0.527. The van der Waals surface area contributed by atoms with E-state index in [1.165, 1.54) is 0 Å². The number of hydrogen-bond donors (Lipinski definition) is 2. The lowest BCUT2D eigenvalue weighted by Crippen LogP contribution is -2.24. The Morgan fingerprint density at radius 3 is 2.61 bits per heavy atom. The topological polar surface area (TPSA) is 99.2 Å². The number of anilines is 1. The lowest BCUT2D eigenvalue weighted by atomic mass is 9.87. The van der Waals surface area contributed by atoms with Gasteiger partial charge < -0.3 is 15.8 Å². The summed E-state index contributed by atoms with van der Waals surface area (Å²) >= 11 is 0. The van der Waals surface area contributed by atoms with Crippen LogP contribution in [-0.2, 0) is 9.59 Å². The molecule has 2 amide bonds. The summed E-state index contributed by atoms with van der Waals surface area (Å²) < 4.78 is 7.05. The number of rotatable bonds is 5. The highest BCUT2D eigenvalue weighted by atomic mass is 16.5. The van der Waals surface area contributed by atoms with Gasteiger partial charge in [0.15, 0.2) is 6.61 Å². The number of primary amides is 1. The molecule has 4 rings (SSSR count). The molecule has 0 saturated carbocycles. The van der Waals surface area contributed by atoms with Gasteiger partial charge in [-0.3, -0.25) is 9.59 Å². The molecule has 28 heavy (non-hydrogen) atoms. The van der Waals surface area contributed by atoms with Crippen LogP contribution in [0.15, 0.2) is 54.7 Å². The van der Waals surface area contributed by atoms with Gasteiger partial charge in [0.05, 0.1) is 11.9 Å². The Hall–Kier alpha value is -3.61. The molecular weight excluding hydrogens is 356 g/mol. The first-order valence-electron chi connectivity index (χ1n) is 8.97. The van der Waals surface area contributed by atoms with Crippen molar-refractivity contribution in [1.82, 2.24) is 9.78 Å². The molecule has 1 aliphatic heterocycles. The molecule has 0 saturated heterocycles. The van der Waals surface area contributed by atoms with Crippen molar-refractivity contribution in [1.29, 1.82) is 0 Å². The Morgan fingerprint density at radius 2 is 1.93 bits per heavy atom. The van der Waals surface area contributed by atoms with E-state index in [1.54, 1.807) is 23.0 Å². The summed E-state index contributed by atoms with van der Waals surface area (Å²) in [6.45, 7) is 1.86. The summed E-state index contributed by atoms with van der Waals surface area (Å²) in [6, 6.07) is 15.3. The summed E-state index contributed by atoms with van der Waals surface area (Å²) in [7, 11) is 0. The highest BCUT2D eigenvalue weighted by Crippen LogP contribution is 2.38. The zero-order valence-electron chi connectivity index (χ0n) is 15.4. The Bertz CT molecular complexity index is 1020. The fourth-order valence-electron chi connectivity index (χ4n) is 3.35. The number of carbonyl (C=O) groups is 2. The molecule has 7 nitrogen and oxygen atoms in total. The minimum Gasteiger partial charge on any atom is -0.484 e. The predicted molar refractivity (Wildman–Crippen MR) is 105 cm³/mol. The smallest absolute Gasteiger partial charge is 0.255 e. The van der Waals surface area contributed by atoms with Crippen LogP contribution in [-0.4, -0.2) is 28.2 Å². The van der Waals surface area contributed by atoms with Crippen molar-refractivity contribution in [3.8, 4) is 11.4 Å². The van der Waals surface area contributed by atoms with Crippen LogP contribution in [0, 0.1) is 6.92 Å². The maximum atomic E-state index is 12.4. The Morgan fingerprint density at radius 1 is 1.21 bits per heavy atom. The van der Waals surface area contributed by atoms with Crippen molar-refractivity contribution in [2.24, 2.45) is 5.73 Å². The van der Waals surface area contributed by atoms with Crippen LogP contribution in [0.25, 0.3) is 5.69 Å². The molecule has 3 aromatic rings. The molecule has 1 aromatic heterocycles. The van der Waals surface area contributed by atoms with Crippen molar-refractivity contribution in [3.63, 3.8) is 0 Å². The van der Waals surface area contributed by atoms with Crippen LogP contribution in [0.5, 0.6) is 5.75 Å². The van der Waals surface area contributed by atoms with Crippen LogP contribution in [0.3, 0.4) is 0 Å². The van der Waals surface area contributed by atoms with Crippen molar-refractivity contribution in [3.05, 3.63) is 71.4 Å². The number of hydrogen-bond acceptors (Lipinski definition) is 4. The van der Waals surface area contributed by atoms with E-state index in [4.69, 9.17) is 10.5 Å². The van der Waals surface area contributed by atoms with Crippen molar-refractivity contribution >= 4 is 17.6 Å². The van der Waals surface area contributed by atoms with Crippen LogP contribution in [0.2, 0.25) is 0 Å². The van der Waals surface area contributed by atoms with Crippen molar-refractivity contribution < 1.29 is 14.3 Å². The monoisotopic (exact) mass is 376 g/mol. The number of nitrogens with zero attached hydrogens (tertiary/aromatic N) is 2. The second kappa shape index (κ2) is 7.19. The fourth-order valence-corrected chi connectivity index (χ4v) is 3.35. The normalized spacial score (nSPS) is 15.6. The van der Waals surface area contributed by atoms with Crippen molar-refractivity contribution in [2.75, 3.05) is 11.9 Å². The number of aromatic nitrogens is 2. The third kappa shape index (κ3) is 3.46. The molecule has 142 valence electrons. The van der Waals surface area contributed by atoms with E-state index >= 15 is 0 Å². The molecule has 2 heterocycles. The molecule has 7 heteroatoms. The molecule has 2 aromatic carbocycles. The Kier molecular flexibility index (Phi) is 4.57. The number of amides is 2. The second-order valence-corrected chi connectivity index (χ2v) is 6.82. The molecule has 1 atom stereocenters. The Balaban J connectivity index is 1.65. The quantitative estimate of drug-likeness (QED) is 0.715. The van der Waals surface area contributed by atoms with Gasteiger partial charge in [0.25, 0.3) is 5.91 Å². The van der Waals surface area contributed by atoms with Gasteiger partial charge in [0.2, 0.25) is 5.91 Å². The summed E-state index contributed by atoms with van der Waals surface area (Å²) in [6.07, 6.45) is 2.14. The number of fused-ring (bicyclic) bond motifs is 1.